The molecule has 0 spiro atoms. The van der Waals surface area contributed by atoms with Gasteiger partial charge in [-0.1, -0.05) is 30.7 Å². The summed E-state index contributed by atoms with van der Waals surface area (Å²) in [7, 11) is 0. The Morgan fingerprint density at radius 1 is 1.11 bits per heavy atom. The molecule has 0 aliphatic rings. The minimum atomic E-state index is -0.820. The van der Waals surface area contributed by atoms with Gasteiger partial charge in [-0.15, -0.1) is 0 Å². The number of aryl methyl sites for hydroxylation is 1. The summed E-state index contributed by atoms with van der Waals surface area (Å²) < 4.78 is 31.7. The van der Waals surface area contributed by atoms with Crippen molar-refractivity contribution >= 4 is 11.6 Å². The van der Waals surface area contributed by atoms with Gasteiger partial charge in [0, 0.05) is 6.07 Å². The molecule has 0 amide bonds. The van der Waals surface area contributed by atoms with E-state index in [1.807, 2.05) is 19.1 Å². The number of halogens is 3. The molecular formula is C14H11ClF2O. The zero-order valence-electron chi connectivity index (χ0n) is 9.71. The molecule has 94 valence electrons. The first kappa shape index (κ1) is 12.8. The molecule has 0 atom stereocenters. The lowest BCUT2D eigenvalue weighted by Crippen LogP contribution is -1.91. The van der Waals surface area contributed by atoms with Crippen LogP contribution in [-0.4, -0.2) is 0 Å². The fraction of sp³-hybridized carbons (Fsp3) is 0.143. The van der Waals surface area contributed by atoms with Crippen LogP contribution in [0.1, 0.15) is 12.5 Å². The van der Waals surface area contributed by atoms with Gasteiger partial charge < -0.3 is 4.74 Å². The highest BCUT2D eigenvalue weighted by molar-refractivity contribution is 6.32. The summed E-state index contributed by atoms with van der Waals surface area (Å²) in [6.45, 7) is 2.03. The first-order valence-corrected chi connectivity index (χ1v) is 5.89. The number of hydrogen-bond acceptors (Lipinski definition) is 1. The lowest BCUT2D eigenvalue weighted by Gasteiger charge is -2.09. The van der Waals surface area contributed by atoms with Crippen LogP contribution in [0.4, 0.5) is 8.78 Å². The van der Waals surface area contributed by atoms with E-state index in [0.29, 0.717) is 5.75 Å². The Kier molecular flexibility index (Phi) is 3.82. The molecular weight excluding hydrogens is 258 g/mol. The Hall–Kier alpha value is -1.61. The van der Waals surface area contributed by atoms with Crippen molar-refractivity contribution in [1.82, 2.24) is 0 Å². The van der Waals surface area contributed by atoms with Crippen LogP contribution in [-0.2, 0) is 6.42 Å². The average molecular weight is 269 g/mol. The van der Waals surface area contributed by atoms with E-state index in [1.54, 1.807) is 12.1 Å². The third-order valence-corrected chi connectivity index (χ3v) is 2.80. The van der Waals surface area contributed by atoms with E-state index in [2.05, 4.69) is 0 Å². The normalized spacial score (nSPS) is 10.4. The molecule has 0 unspecified atom stereocenters. The third-order valence-electron chi connectivity index (χ3n) is 2.51. The summed E-state index contributed by atoms with van der Waals surface area (Å²) in [4.78, 5) is 0. The third kappa shape index (κ3) is 2.79. The van der Waals surface area contributed by atoms with Crippen molar-refractivity contribution in [2.45, 2.75) is 13.3 Å². The maximum Gasteiger partial charge on any atom is 0.181 e. The molecule has 0 bridgehead atoms. The molecule has 0 saturated carbocycles. The molecule has 2 aromatic rings. The lowest BCUT2D eigenvalue weighted by molar-refractivity contribution is 0.438. The fourth-order valence-electron chi connectivity index (χ4n) is 1.54. The lowest BCUT2D eigenvalue weighted by atomic mass is 10.2. The van der Waals surface area contributed by atoms with Gasteiger partial charge in [0.25, 0.3) is 0 Å². The highest BCUT2D eigenvalue weighted by Gasteiger charge is 2.12. The summed E-state index contributed by atoms with van der Waals surface area (Å²) in [6, 6.07) is 8.95. The molecule has 0 N–H and O–H groups in total. The number of hydrogen-bond donors (Lipinski definition) is 0. The molecule has 0 aliphatic carbocycles. The minimum absolute atomic E-state index is 0.0907. The Labute approximate surface area is 109 Å². The molecule has 0 radical (unpaired) electrons. The van der Waals surface area contributed by atoms with E-state index in [4.69, 9.17) is 16.3 Å². The van der Waals surface area contributed by atoms with Crippen molar-refractivity contribution in [2.24, 2.45) is 0 Å². The number of ether oxygens (including phenoxy) is 1. The SMILES string of the molecule is CCc1ccc(Oc2c(F)cc(F)cc2Cl)cc1. The highest BCUT2D eigenvalue weighted by atomic mass is 35.5. The fourth-order valence-corrected chi connectivity index (χ4v) is 1.77. The van der Waals surface area contributed by atoms with E-state index in [0.717, 1.165) is 24.1 Å². The first-order valence-electron chi connectivity index (χ1n) is 5.51. The van der Waals surface area contributed by atoms with Crippen molar-refractivity contribution in [3.8, 4) is 11.5 Å². The van der Waals surface area contributed by atoms with Crippen LogP contribution in [0.2, 0.25) is 5.02 Å². The molecule has 0 aliphatic heterocycles. The molecule has 0 fully saturated rings. The van der Waals surface area contributed by atoms with E-state index in [9.17, 15) is 8.78 Å². The van der Waals surface area contributed by atoms with Crippen molar-refractivity contribution in [1.29, 1.82) is 0 Å². The highest BCUT2D eigenvalue weighted by Crippen LogP contribution is 2.32. The quantitative estimate of drug-likeness (QED) is 0.763. The molecule has 0 heterocycles. The topological polar surface area (TPSA) is 9.23 Å². The molecule has 4 heteroatoms. The summed E-state index contributed by atoms with van der Waals surface area (Å²) in [5, 5.41) is -0.0907. The van der Waals surface area contributed by atoms with Gasteiger partial charge in [0.2, 0.25) is 0 Å². The van der Waals surface area contributed by atoms with Crippen LogP contribution >= 0.6 is 11.6 Å². The zero-order valence-corrected chi connectivity index (χ0v) is 10.5. The summed E-state index contributed by atoms with van der Waals surface area (Å²) >= 11 is 5.74. The van der Waals surface area contributed by atoms with Gasteiger partial charge in [0.1, 0.15) is 11.6 Å². The van der Waals surface area contributed by atoms with Gasteiger partial charge in [-0.25, -0.2) is 8.78 Å². The second kappa shape index (κ2) is 5.36. The summed E-state index contributed by atoms with van der Waals surface area (Å²) in [5.74, 6) is -1.26. The summed E-state index contributed by atoms with van der Waals surface area (Å²) in [6.07, 6.45) is 0.909. The number of benzene rings is 2. The average Bonchev–Trinajstić information content (AvgIpc) is 2.34. The van der Waals surface area contributed by atoms with Crippen molar-refractivity contribution in [3.63, 3.8) is 0 Å². The van der Waals surface area contributed by atoms with Gasteiger partial charge in [0.05, 0.1) is 5.02 Å². The standard InChI is InChI=1S/C14H11ClF2O/c1-2-9-3-5-11(6-4-9)18-14-12(15)7-10(16)8-13(14)17/h3-8H,2H2,1H3. The van der Waals surface area contributed by atoms with Crippen LogP contribution in [0.15, 0.2) is 36.4 Å². The number of rotatable bonds is 3. The largest absolute Gasteiger partial charge is 0.453 e. The molecule has 0 aromatic heterocycles. The molecule has 1 nitrogen and oxygen atoms in total. The van der Waals surface area contributed by atoms with Crippen LogP contribution in [0, 0.1) is 11.6 Å². The molecule has 18 heavy (non-hydrogen) atoms. The van der Waals surface area contributed by atoms with E-state index < -0.39 is 11.6 Å². The second-order valence-electron chi connectivity index (χ2n) is 3.80. The Balaban J connectivity index is 2.28. The van der Waals surface area contributed by atoms with E-state index in [1.165, 1.54) is 0 Å². The predicted octanol–water partition coefficient (Wildman–Crippen LogP) is 4.97. The van der Waals surface area contributed by atoms with Crippen molar-refractivity contribution in [3.05, 3.63) is 58.6 Å². The van der Waals surface area contributed by atoms with Gasteiger partial charge >= 0.3 is 0 Å². The predicted molar refractivity (Wildman–Crippen MR) is 67.3 cm³/mol. The maximum absolute atomic E-state index is 13.5. The maximum atomic E-state index is 13.5. The van der Waals surface area contributed by atoms with Crippen LogP contribution in [0.3, 0.4) is 0 Å². The van der Waals surface area contributed by atoms with Gasteiger partial charge in [-0.2, -0.15) is 0 Å². The first-order chi connectivity index (χ1) is 8.60. The summed E-state index contributed by atoms with van der Waals surface area (Å²) in [5.41, 5.74) is 1.15. The molecule has 2 aromatic carbocycles. The monoisotopic (exact) mass is 268 g/mol. The zero-order chi connectivity index (χ0) is 13.1. The molecule has 0 saturated heterocycles. The van der Waals surface area contributed by atoms with E-state index >= 15 is 0 Å². The van der Waals surface area contributed by atoms with Crippen molar-refractivity contribution < 1.29 is 13.5 Å². The molecule has 2 rings (SSSR count). The van der Waals surface area contributed by atoms with Crippen LogP contribution in [0.5, 0.6) is 11.5 Å². The Morgan fingerprint density at radius 3 is 2.33 bits per heavy atom. The Morgan fingerprint density at radius 2 is 1.78 bits per heavy atom. The van der Waals surface area contributed by atoms with Gasteiger partial charge in [-0.05, 0) is 30.2 Å². The van der Waals surface area contributed by atoms with Crippen LogP contribution < -0.4 is 4.74 Å². The van der Waals surface area contributed by atoms with Gasteiger partial charge in [0.15, 0.2) is 11.6 Å². The second-order valence-corrected chi connectivity index (χ2v) is 4.21. The smallest absolute Gasteiger partial charge is 0.181 e. The minimum Gasteiger partial charge on any atom is -0.453 e. The van der Waals surface area contributed by atoms with E-state index in [-0.39, 0.29) is 10.8 Å². The van der Waals surface area contributed by atoms with Gasteiger partial charge in [-0.3, -0.25) is 0 Å². The Bertz CT molecular complexity index is 529. The van der Waals surface area contributed by atoms with Crippen molar-refractivity contribution in [2.75, 3.05) is 0 Å². The van der Waals surface area contributed by atoms with Crippen LogP contribution in [0.25, 0.3) is 0 Å².